The number of benzene rings is 1. The minimum absolute atomic E-state index is 0.360. The summed E-state index contributed by atoms with van der Waals surface area (Å²) < 4.78 is 24.0. The normalized spacial score (nSPS) is 21.5. The second-order valence-electron chi connectivity index (χ2n) is 8.92. The largest absolute Gasteiger partial charge is 0.463 e. The Labute approximate surface area is 196 Å². The molecule has 9 nitrogen and oxygen atoms in total. The number of nitrogens with two attached hydrogens (primary N) is 1. The average molecular weight is 471 g/mol. The van der Waals surface area contributed by atoms with Gasteiger partial charge in [0.2, 0.25) is 5.88 Å². The molecule has 5 rings (SSSR count). The number of aromatic nitrogens is 2. The van der Waals surface area contributed by atoms with Crippen molar-refractivity contribution >= 4 is 34.3 Å². The second-order valence-corrected chi connectivity index (χ2v) is 9.70. The Kier molecular flexibility index (Phi) is 6.76. The van der Waals surface area contributed by atoms with E-state index in [1.165, 1.54) is 37.7 Å². The van der Waals surface area contributed by atoms with Gasteiger partial charge in [-0.2, -0.15) is 9.27 Å². The second kappa shape index (κ2) is 9.56. The lowest BCUT2D eigenvalue weighted by Gasteiger charge is -2.32. The zero-order valence-corrected chi connectivity index (χ0v) is 20.2. The van der Waals surface area contributed by atoms with Crippen LogP contribution in [0.15, 0.2) is 33.7 Å². The molecule has 0 amide bonds. The Morgan fingerprint density at radius 1 is 1.09 bits per heavy atom. The molecule has 1 fully saturated rings. The molecule has 1 saturated carbocycles. The summed E-state index contributed by atoms with van der Waals surface area (Å²) in [6, 6.07) is 8.80. The van der Waals surface area contributed by atoms with Crippen LogP contribution in [0.3, 0.4) is 0 Å². The van der Waals surface area contributed by atoms with E-state index >= 15 is 0 Å². The number of hydrogen-bond acceptors (Lipinski definition) is 8. The van der Waals surface area contributed by atoms with Crippen LogP contribution in [0.1, 0.15) is 75.7 Å². The lowest BCUT2D eigenvalue weighted by molar-refractivity contribution is 0.171. The molecule has 33 heavy (non-hydrogen) atoms. The van der Waals surface area contributed by atoms with Crippen LogP contribution in [0.4, 0.5) is 11.5 Å². The van der Waals surface area contributed by atoms with Crippen LogP contribution in [-0.2, 0) is 15.6 Å². The summed E-state index contributed by atoms with van der Waals surface area (Å²) in [5.74, 6) is 2.66. The van der Waals surface area contributed by atoms with Crippen LogP contribution < -0.4 is 16.0 Å². The lowest BCUT2D eigenvalue weighted by Crippen LogP contribution is -2.41. The van der Waals surface area contributed by atoms with E-state index in [2.05, 4.69) is 48.4 Å². The highest BCUT2D eigenvalue weighted by atomic mass is 32.2. The van der Waals surface area contributed by atoms with Gasteiger partial charge in [0.1, 0.15) is 17.3 Å². The Hall–Kier alpha value is -2.85. The number of aliphatic imine (C=N–C) groups is 1. The quantitative estimate of drug-likeness (QED) is 0.673. The molecule has 1 aromatic carbocycles. The van der Waals surface area contributed by atoms with Crippen LogP contribution >= 0.6 is 0 Å². The molecular weight excluding hydrogens is 440 g/mol. The van der Waals surface area contributed by atoms with Crippen LogP contribution in [0.2, 0.25) is 0 Å². The van der Waals surface area contributed by atoms with Gasteiger partial charge in [0.05, 0.1) is 5.71 Å². The van der Waals surface area contributed by atoms with Gasteiger partial charge in [-0.1, -0.05) is 43.5 Å². The maximum Gasteiger partial charge on any atom is 0.309 e. The third kappa shape index (κ3) is 5.39. The van der Waals surface area contributed by atoms with E-state index in [0.29, 0.717) is 35.0 Å². The van der Waals surface area contributed by atoms with Crippen molar-refractivity contribution in [2.75, 3.05) is 5.73 Å². The number of ether oxygens (including phenoxy) is 1. The van der Waals surface area contributed by atoms with E-state index in [9.17, 15) is 4.21 Å². The lowest BCUT2D eigenvalue weighted by atomic mass is 9.83. The summed E-state index contributed by atoms with van der Waals surface area (Å²) in [5, 5.41) is 0. The Bertz CT molecular complexity index is 1110. The molecule has 1 atom stereocenters. The van der Waals surface area contributed by atoms with Gasteiger partial charge >= 0.3 is 11.3 Å². The highest BCUT2D eigenvalue weighted by Gasteiger charge is 2.35. The number of hydrogen-bond donors (Lipinski definition) is 2. The molecule has 2 aliphatic heterocycles. The zero-order chi connectivity index (χ0) is 23.6. The third-order valence-corrected chi connectivity index (χ3v) is 6.52. The van der Waals surface area contributed by atoms with Crippen molar-refractivity contribution in [3.8, 4) is 5.88 Å². The number of nitrogens with one attached hydrogen (secondary N) is 1. The van der Waals surface area contributed by atoms with Crippen LogP contribution in [0.25, 0.3) is 0 Å². The molecule has 0 bridgehead atoms. The van der Waals surface area contributed by atoms with Gasteiger partial charge in [-0.15, -0.1) is 4.40 Å². The van der Waals surface area contributed by atoms with Gasteiger partial charge in [0, 0.05) is 5.56 Å². The topological polar surface area (TPSA) is 124 Å². The van der Waals surface area contributed by atoms with E-state index < -0.39 is 16.9 Å². The average Bonchev–Trinajstić information content (AvgIpc) is 3.16. The van der Waals surface area contributed by atoms with Crippen LogP contribution in [0, 0.1) is 6.92 Å². The maximum atomic E-state index is 10.1. The number of rotatable bonds is 2. The molecule has 0 saturated heterocycles. The minimum atomic E-state index is -1.48. The highest BCUT2D eigenvalue weighted by Crippen LogP contribution is 2.40. The maximum absolute atomic E-state index is 10.1. The van der Waals surface area contributed by atoms with Gasteiger partial charge in [-0.05, 0) is 52.0 Å². The van der Waals surface area contributed by atoms with Crippen LogP contribution in [-0.4, -0.2) is 31.3 Å². The van der Waals surface area contributed by atoms with E-state index in [-0.39, 0.29) is 0 Å². The standard InChI is InChI=1S/C21H26N4O.C2H4N2O2S/c1-13-23-19(22)17-20(24-13)26-21(2,3)18(25-17)16-11-9-15(10-12-16)14-7-5-4-6-8-14;1-2-3-6-7(5)4-2/h9-12,14H,4-8H2,1-3H3,(H2,22,23,24);1H3,(H,3,4). The predicted octanol–water partition coefficient (Wildman–Crippen LogP) is 4.23. The highest BCUT2D eigenvalue weighted by molar-refractivity contribution is 7.79. The molecule has 176 valence electrons. The number of anilines is 1. The minimum Gasteiger partial charge on any atom is -0.463 e. The summed E-state index contributed by atoms with van der Waals surface area (Å²) in [4.78, 5) is 13.4. The number of aryl methyl sites for hydroxylation is 1. The van der Waals surface area contributed by atoms with Crippen LogP contribution in [0.5, 0.6) is 5.88 Å². The van der Waals surface area contributed by atoms with Crippen molar-refractivity contribution in [3.63, 3.8) is 0 Å². The molecule has 3 heterocycles. The van der Waals surface area contributed by atoms with Gasteiger partial charge in [-0.3, -0.25) is 0 Å². The summed E-state index contributed by atoms with van der Waals surface area (Å²) in [5.41, 5.74) is 11.7. The van der Waals surface area contributed by atoms with Crippen molar-refractivity contribution in [2.45, 2.75) is 71.3 Å². The summed E-state index contributed by atoms with van der Waals surface area (Å²) in [7, 11) is 0. The first-order valence-corrected chi connectivity index (χ1v) is 12.2. The van der Waals surface area contributed by atoms with Crippen molar-refractivity contribution < 1.29 is 13.2 Å². The Balaban J connectivity index is 0.000000318. The Morgan fingerprint density at radius 3 is 2.36 bits per heavy atom. The molecule has 1 aliphatic carbocycles. The number of amidine groups is 1. The monoisotopic (exact) mass is 470 g/mol. The van der Waals surface area contributed by atoms with E-state index in [0.717, 1.165) is 11.3 Å². The van der Waals surface area contributed by atoms with Gasteiger partial charge in [0.15, 0.2) is 11.5 Å². The first-order chi connectivity index (χ1) is 15.7. The molecule has 1 aromatic heterocycles. The molecule has 10 heteroatoms. The fraction of sp³-hybridized carbons (Fsp3) is 0.478. The number of nitrogen functional groups attached to an aromatic ring is 1. The van der Waals surface area contributed by atoms with Crippen molar-refractivity contribution in [1.29, 1.82) is 0 Å². The van der Waals surface area contributed by atoms with Crippen molar-refractivity contribution in [2.24, 2.45) is 9.39 Å². The summed E-state index contributed by atoms with van der Waals surface area (Å²) >= 11 is -1.48. The smallest absolute Gasteiger partial charge is 0.309 e. The zero-order valence-electron chi connectivity index (χ0n) is 19.4. The summed E-state index contributed by atoms with van der Waals surface area (Å²) in [6.07, 6.45) is 6.66. The van der Waals surface area contributed by atoms with Crippen molar-refractivity contribution in [3.05, 3.63) is 41.2 Å². The molecule has 3 aliphatic rings. The molecular formula is C23H30N6O3S. The Morgan fingerprint density at radius 2 is 1.79 bits per heavy atom. The number of fused-ring (bicyclic) bond motifs is 1. The van der Waals surface area contributed by atoms with Gasteiger partial charge in [0.25, 0.3) is 0 Å². The molecule has 0 spiro atoms. The summed E-state index contributed by atoms with van der Waals surface area (Å²) in [6.45, 7) is 7.50. The SMILES string of the molecule is CC1=NS(=O)ON1.Cc1nc(N)c2c(n1)OC(C)(C)C(c1ccc(C3CCCCC3)cc1)=N2. The molecule has 2 aromatic rings. The fourth-order valence-electron chi connectivity index (χ4n) is 4.28. The van der Waals surface area contributed by atoms with E-state index in [1.54, 1.807) is 13.8 Å². The van der Waals surface area contributed by atoms with E-state index in [4.69, 9.17) is 15.5 Å². The molecule has 0 radical (unpaired) electrons. The fourth-order valence-corrected chi connectivity index (χ4v) is 4.77. The first kappa shape index (κ1) is 23.3. The van der Waals surface area contributed by atoms with Gasteiger partial charge in [-0.25, -0.2) is 19.7 Å². The van der Waals surface area contributed by atoms with Crippen molar-refractivity contribution in [1.82, 2.24) is 15.4 Å². The molecule has 1 unspecified atom stereocenters. The number of nitrogens with zero attached hydrogens (tertiary/aromatic N) is 4. The van der Waals surface area contributed by atoms with Gasteiger partial charge < -0.3 is 10.5 Å². The predicted molar refractivity (Wildman–Crippen MR) is 130 cm³/mol. The number of hydroxylamine groups is 1. The third-order valence-electron chi connectivity index (χ3n) is 5.87. The molecule has 3 N–H and O–H groups in total. The van der Waals surface area contributed by atoms with E-state index in [1.807, 2.05) is 13.8 Å². The first-order valence-electron chi connectivity index (χ1n) is 11.2.